The number of carbonyl (C=O) groups is 1. The van der Waals surface area contributed by atoms with E-state index in [-0.39, 0.29) is 17.1 Å². The third kappa shape index (κ3) is 2.56. The molecule has 0 amide bonds. The number of carboxylic acids is 1. The molecule has 1 aromatic rings. The van der Waals surface area contributed by atoms with Crippen molar-refractivity contribution >= 4 is 11.7 Å². The zero-order valence-electron chi connectivity index (χ0n) is 8.41. The second-order valence-electron chi connectivity index (χ2n) is 2.99. The van der Waals surface area contributed by atoms with E-state index in [1.165, 1.54) is 13.2 Å². The molecule has 0 saturated carbocycles. The minimum atomic E-state index is -2.90. The topological polar surface area (TPSA) is 85.4 Å². The van der Waals surface area contributed by atoms with Gasteiger partial charge in [-0.05, 0) is 0 Å². The quantitative estimate of drug-likeness (QED) is 0.815. The van der Waals surface area contributed by atoms with Crippen LogP contribution in [0.1, 0.15) is 17.7 Å². The fourth-order valence-corrected chi connectivity index (χ4v) is 1.22. The molecule has 1 rings (SSSR count). The number of ether oxygens (including phenoxy) is 1. The summed E-state index contributed by atoms with van der Waals surface area (Å²) < 4.78 is 29.9. The van der Waals surface area contributed by atoms with Crippen LogP contribution in [-0.4, -0.2) is 23.2 Å². The van der Waals surface area contributed by atoms with Crippen LogP contribution in [0, 0.1) is 0 Å². The molecule has 0 saturated heterocycles. The number of nitrogens with two attached hydrogens (primary N) is 1. The molecule has 16 heavy (non-hydrogen) atoms. The molecule has 0 aliphatic carbocycles. The van der Waals surface area contributed by atoms with Crippen molar-refractivity contribution in [2.45, 2.75) is 12.8 Å². The molecule has 0 aromatic carbocycles. The summed E-state index contributed by atoms with van der Waals surface area (Å²) in [5.74, 6) is -1.32. The third-order valence-electron chi connectivity index (χ3n) is 1.91. The summed E-state index contributed by atoms with van der Waals surface area (Å²) in [6.07, 6.45) is -3.49. The van der Waals surface area contributed by atoms with Gasteiger partial charge in [-0.1, -0.05) is 0 Å². The van der Waals surface area contributed by atoms with E-state index in [2.05, 4.69) is 9.72 Å². The van der Waals surface area contributed by atoms with E-state index in [1.54, 1.807) is 0 Å². The van der Waals surface area contributed by atoms with Crippen molar-refractivity contribution in [1.82, 2.24) is 4.98 Å². The van der Waals surface area contributed by atoms with Crippen molar-refractivity contribution in [3.8, 4) is 5.88 Å². The molecule has 88 valence electrons. The van der Waals surface area contributed by atoms with Crippen LogP contribution >= 0.6 is 0 Å². The lowest BCUT2D eigenvalue weighted by Crippen LogP contribution is -2.10. The minimum Gasteiger partial charge on any atom is -0.481 e. The van der Waals surface area contributed by atoms with Crippen molar-refractivity contribution in [1.29, 1.82) is 0 Å². The molecule has 0 bridgehead atoms. The van der Waals surface area contributed by atoms with Crippen LogP contribution in [0.15, 0.2) is 6.07 Å². The highest BCUT2D eigenvalue weighted by Gasteiger charge is 2.20. The van der Waals surface area contributed by atoms with Crippen molar-refractivity contribution < 1.29 is 23.4 Å². The summed E-state index contributed by atoms with van der Waals surface area (Å²) in [4.78, 5) is 14.0. The Kier molecular flexibility index (Phi) is 3.60. The maximum Gasteiger partial charge on any atom is 0.307 e. The predicted octanol–water partition coefficient (Wildman–Crippen LogP) is 1.24. The number of aromatic nitrogens is 1. The average molecular weight is 232 g/mol. The number of alkyl halides is 2. The van der Waals surface area contributed by atoms with Crippen LogP contribution in [-0.2, 0) is 11.2 Å². The Morgan fingerprint density at radius 1 is 1.69 bits per heavy atom. The molecule has 5 nitrogen and oxygen atoms in total. The Balaban J connectivity index is 3.27. The number of nitrogen functional groups attached to an aromatic ring is 1. The summed E-state index contributed by atoms with van der Waals surface area (Å²) >= 11 is 0. The Bertz CT molecular complexity index is 410. The van der Waals surface area contributed by atoms with Crippen LogP contribution in [0.2, 0.25) is 0 Å². The van der Waals surface area contributed by atoms with Gasteiger partial charge in [0.15, 0.2) is 0 Å². The van der Waals surface area contributed by atoms with Crippen LogP contribution in [0.4, 0.5) is 14.5 Å². The van der Waals surface area contributed by atoms with Crippen molar-refractivity contribution in [2.24, 2.45) is 0 Å². The number of hydrogen-bond donors (Lipinski definition) is 2. The van der Waals surface area contributed by atoms with E-state index in [9.17, 15) is 13.6 Å². The summed E-state index contributed by atoms with van der Waals surface area (Å²) in [5.41, 5.74) is 4.57. The lowest BCUT2D eigenvalue weighted by atomic mass is 10.1. The lowest BCUT2D eigenvalue weighted by Gasteiger charge is -2.11. The van der Waals surface area contributed by atoms with E-state index >= 15 is 0 Å². The van der Waals surface area contributed by atoms with Gasteiger partial charge in [-0.3, -0.25) is 4.79 Å². The Morgan fingerprint density at radius 2 is 2.31 bits per heavy atom. The lowest BCUT2D eigenvalue weighted by molar-refractivity contribution is -0.136. The molecule has 0 spiro atoms. The molecular weight excluding hydrogens is 222 g/mol. The highest BCUT2D eigenvalue weighted by molar-refractivity contribution is 5.73. The van der Waals surface area contributed by atoms with E-state index in [0.717, 1.165) is 0 Å². The van der Waals surface area contributed by atoms with Crippen molar-refractivity contribution in [2.75, 3.05) is 12.8 Å². The van der Waals surface area contributed by atoms with Gasteiger partial charge in [0.05, 0.1) is 13.5 Å². The number of pyridine rings is 1. The maximum absolute atomic E-state index is 12.6. The van der Waals surface area contributed by atoms with Gasteiger partial charge >= 0.3 is 5.97 Å². The van der Waals surface area contributed by atoms with Gasteiger partial charge in [-0.15, -0.1) is 0 Å². The van der Waals surface area contributed by atoms with Gasteiger partial charge in [0.25, 0.3) is 6.43 Å². The number of rotatable bonds is 4. The zero-order chi connectivity index (χ0) is 12.3. The van der Waals surface area contributed by atoms with Gasteiger partial charge < -0.3 is 15.6 Å². The minimum absolute atomic E-state index is 0.0652. The van der Waals surface area contributed by atoms with Gasteiger partial charge in [0.1, 0.15) is 5.69 Å². The summed E-state index contributed by atoms with van der Waals surface area (Å²) in [6.45, 7) is 0. The maximum atomic E-state index is 12.6. The predicted molar refractivity (Wildman–Crippen MR) is 51.5 cm³/mol. The van der Waals surface area contributed by atoms with Crippen LogP contribution in [0.3, 0.4) is 0 Å². The number of halogens is 2. The standard InChI is InChI=1S/C9H10F2N2O3/c1-16-6-3-5(12)4(2-7(14)15)8(13-6)9(10)11/h3,9H,2H2,1H3,(H2,12,13)(H,14,15). The molecule has 0 aliphatic heterocycles. The van der Waals surface area contributed by atoms with Crippen molar-refractivity contribution in [3.05, 3.63) is 17.3 Å². The molecule has 0 atom stereocenters. The molecule has 0 fully saturated rings. The Labute approximate surface area is 89.9 Å². The fourth-order valence-electron chi connectivity index (χ4n) is 1.22. The van der Waals surface area contributed by atoms with Crippen LogP contribution < -0.4 is 10.5 Å². The monoisotopic (exact) mass is 232 g/mol. The average Bonchev–Trinajstić information content (AvgIpc) is 2.19. The van der Waals surface area contributed by atoms with Gasteiger partial charge in [0, 0.05) is 17.3 Å². The Hall–Kier alpha value is -1.92. The summed E-state index contributed by atoms with van der Waals surface area (Å²) in [6, 6.07) is 1.21. The number of anilines is 1. The van der Waals surface area contributed by atoms with Gasteiger partial charge in [0.2, 0.25) is 5.88 Å². The molecule has 0 radical (unpaired) electrons. The number of carboxylic acid groups (broad SMARTS) is 1. The molecule has 0 unspecified atom stereocenters. The first-order valence-electron chi connectivity index (χ1n) is 4.29. The SMILES string of the molecule is COc1cc(N)c(CC(=O)O)c(C(F)F)n1. The van der Waals surface area contributed by atoms with E-state index in [1.807, 2.05) is 0 Å². The summed E-state index contributed by atoms with van der Waals surface area (Å²) in [7, 11) is 1.26. The second-order valence-corrected chi connectivity index (χ2v) is 2.99. The fraction of sp³-hybridized carbons (Fsp3) is 0.333. The van der Waals surface area contributed by atoms with Gasteiger partial charge in [-0.2, -0.15) is 0 Å². The number of aliphatic carboxylic acids is 1. The van der Waals surface area contributed by atoms with E-state index in [4.69, 9.17) is 10.8 Å². The molecular formula is C9H10F2N2O3. The molecule has 1 heterocycles. The molecule has 1 aromatic heterocycles. The van der Waals surface area contributed by atoms with Crippen LogP contribution in [0.5, 0.6) is 5.88 Å². The number of methoxy groups -OCH3 is 1. The molecule has 3 N–H and O–H groups in total. The Morgan fingerprint density at radius 3 is 2.75 bits per heavy atom. The van der Waals surface area contributed by atoms with E-state index < -0.39 is 24.5 Å². The first-order valence-corrected chi connectivity index (χ1v) is 4.29. The first-order chi connectivity index (χ1) is 7.45. The highest BCUT2D eigenvalue weighted by Crippen LogP contribution is 2.28. The van der Waals surface area contributed by atoms with Crippen LogP contribution in [0.25, 0.3) is 0 Å². The highest BCUT2D eigenvalue weighted by atomic mass is 19.3. The number of hydrogen-bond acceptors (Lipinski definition) is 4. The van der Waals surface area contributed by atoms with E-state index in [0.29, 0.717) is 0 Å². The zero-order valence-corrected chi connectivity index (χ0v) is 8.41. The number of nitrogens with zero attached hydrogens (tertiary/aromatic N) is 1. The smallest absolute Gasteiger partial charge is 0.307 e. The second kappa shape index (κ2) is 4.73. The molecule has 7 heteroatoms. The van der Waals surface area contributed by atoms with Gasteiger partial charge in [-0.25, -0.2) is 13.8 Å². The largest absolute Gasteiger partial charge is 0.481 e. The van der Waals surface area contributed by atoms with Crippen molar-refractivity contribution in [3.63, 3.8) is 0 Å². The molecule has 0 aliphatic rings. The summed E-state index contributed by atoms with van der Waals surface area (Å²) in [5, 5.41) is 8.56. The third-order valence-corrected chi connectivity index (χ3v) is 1.91. The first kappa shape index (κ1) is 12.2. The normalized spacial score (nSPS) is 10.5.